The molecular formula is C18H21ClFN7O4. The number of aromatic nitrogens is 2. The molecular weight excluding hydrogens is 433 g/mol. The van der Waals surface area contributed by atoms with Crippen molar-refractivity contribution in [3.63, 3.8) is 0 Å². The van der Waals surface area contributed by atoms with E-state index < -0.39 is 22.2 Å². The standard InChI is InChI=1S/C18H21ClFN7O4/c1-10-14(17(29)25(4)21-10)16(28)11-5-6-13(19)12(15(11)20)7-26-9-23(2)8-24(3)18(26)22-27(30)31/h5-6,21H,7-9H2,1-4H3/b22-18+. The van der Waals surface area contributed by atoms with E-state index in [9.17, 15) is 19.7 Å². The molecule has 1 aliphatic rings. The molecule has 0 unspecified atom stereocenters. The molecule has 0 atom stereocenters. The fraction of sp³-hybridized carbons (Fsp3) is 0.389. The zero-order chi connectivity index (χ0) is 23.0. The highest BCUT2D eigenvalue weighted by molar-refractivity contribution is 6.31. The number of halogens is 2. The van der Waals surface area contributed by atoms with Gasteiger partial charge in [0, 0.05) is 30.4 Å². The Hall–Kier alpha value is -3.25. The first-order chi connectivity index (χ1) is 14.5. The molecule has 0 bridgehead atoms. The lowest BCUT2D eigenvalue weighted by Gasteiger charge is -2.40. The van der Waals surface area contributed by atoms with E-state index in [1.54, 1.807) is 25.9 Å². The summed E-state index contributed by atoms with van der Waals surface area (Å²) in [4.78, 5) is 41.0. The van der Waals surface area contributed by atoms with Crippen molar-refractivity contribution >= 4 is 23.3 Å². The molecule has 1 saturated heterocycles. The van der Waals surface area contributed by atoms with Gasteiger partial charge >= 0.3 is 0 Å². The summed E-state index contributed by atoms with van der Waals surface area (Å²) in [5.41, 5.74) is -0.767. The minimum atomic E-state index is -0.892. The summed E-state index contributed by atoms with van der Waals surface area (Å²) in [5, 5.41) is 16.3. The Labute approximate surface area is 181 Å². The number of guanidine groups is 1. The highest BCUT2D eigenvalue weighted by Gasteiger charge is 2.30. The molecule has 0 aliphatic carbocycles. The van der Waals surface area contributed by atoms with Crippen LogP contribution in [0, 0.1) is 22.9 Å². The third-order valence-electron chi connectivity index (χ3n) is 4.90. The van der Waals surface area contributed by atoms with Crippen molar-refractivity contribution in [2.24, 2.45) is 12.1 Å². The van der Waals surface area contributed by atoms with Gasteiger partial charge in [-0.3, -0.25) is 24.3 Å². The number of rotatable bonds is 5. The molecule has 1 aliphatic heterocycles. The van der Waals surface area contributed by atoms with Gasteiger partial charge in [0.15, 0.2) is 5.03 Å². The van der Waals surface area contributed by atoms with E-state index in [0.29, 0.717) is 12.4 Å². The van der Waals surface area contributed by atoms with Crippen molar-refractivity contribution in [2.75, 3.05) is 27.4 Å². The van der Waals surface area contributed by atoms with Crippen LogP contribution in [0.4, 0.5) is 4.39 Å². The lowest BCUT2D eigenvalue weighted by atomic mass is 10.0. The van der Waals surface area contributed by atoms with Crippen molar-refractivity contribution < 1.29 is 14.2 Å². The zero-order valence-electron chi connectivity index (χ0n) is 17.3. The van der Waals surface area contributed by atoms with Gasteiger partial charge in [0.25, 0.3) is 11.5 Å². The summed E-state index contributed by atoms with van der Waals surface area (Å²) >= 11 is 6.21. The maximum Gasteiger partial charge on any atom is 0.277 e. The summed E-state index contributed by atoms with van der Waals surface area (Å²) in [6.07, 6.45) is 0. The predicted octanol–water partition coefficient (Wildman–Crippen LogP) is 1.19. The molecule has 2 heterocycles. The smallest absolute Gasteiger partial charge is 0.277 e. The van der Waals surface area contributed by atoms with Crippen LogP contribution in [0.15, 0.2) is 22.0 Å². The van der Waals surface area contributed by atoms with E-state index >= 15 is 4.39 Å². The van der Waals surface area contributed by atoms with Crippen LogP contribution in [0.25, 0.3) is 0 Å². The van der Waals surface area contributed by atoms with Gasteiger partial charge in [0.05, 0.1) is 25.4 Å². The first kappa shape index (κ1) is 22.4. The third-order valence-corrected chi connectivity index (χ3v) is 5.25. The Bertz CT molecular complexity index is 1140. The Morgan fingerprint density at radius 3 is 2.58 bits per heavy atom. The molecule has 0 amide bonds. The Morgan fingerprint density at radius 2 is 2.00 bits per heavy atom. The van der Waals surface area contributed by atoms with Crippen LogP contribution in [0.3, 0.4) is 0 Å². The van der Waals surface area contributed by atoms with Gasteiger partial charge in [0.1, 0.15) is 16.5 Å². The fourth-order valence-corrected chi connectivity index (χ4v) is 3.80. The minimum absolute atomic E-state index is 0.0303. The minimum Gasteiger partial charge on any atom is -0.328 e. The molecule has 0 saturated carbocycles. The Morgan fingerprint density at radius 1 is 1.32 bits per heavy atom. The maximum absolute atomic E-state index is 15.4. The van der Waals surface area contributed by atoms with Gasteiger partial charge < -0.3 is 9.80 Å². The molecule has 1 aromatic heterocycles. The number of aryl methyl sites for hydroxylation is 2. The number of nitrogens with one attached hydrogen (secondary N) is 1. The molecule has 13 heteroatoms. The summed E-state index contributed by atoms with van der Waals surface area (Å²) in [6, 6.07) is 2.58. The molecule has 1 aromatic carbocycles. The van der Waals surface area contributed by atoms with Crippen molar-refractivity contribution in [1.82, 2.24) is 24.5 Å². The van der Waals surface area contributed by atoms with E-state index in [2.05, 4.69) is 10.2 Å². The van der Waals surface area contributed by atoms with Gasteiger partial charge in [-0.25, -0.2) is 14.5 Å². The number of ketones is 1. The van der Waals surface area contributed by atoms with Crippen LogP contribution in [0.2, 0.25) is 5.02 Å². The first-order valence-electron chi connectivity index (χ1n) is 9.16. The quantitative estimate of drug-likeness (QED) is 0.410. The summed E-state index contributed by atoms with van der Waals surface area (Å²) in [6.45, 7) is 1.98. The number of nitro groups is 1. The molecule has 166 valence electrons. The summed E-state index contributed by atoms with van der Waals surface area (Å²) in [7, 11) is 4.86. The molecule has 0 spiro atoms. The average molecular weight is 454 g/mol. The number of aromatic amines is 1. The maximum atomic E-state index is 15.4. The van der Waals surface area contributed by atoms with Crippen molar-refractivity contribution in [2.45, 2.75) is 13.5 Å². The third kappa shape index (κ3) is 4.30. The van der Waals surface area contributed by atoms with Crippen LogP contribution in [0.5, 0.6) is 0 Å². The van der Waals surface area contributed by atoms with Gasteiger partial charge in [-0.1, -0.05) is 11.6 Å². The number of hydrogen-bond donors (Lipinski definition) is 1. The highest BCUT2D eigenvalue weighted by atomic mass is 35.5. The fourth-order valence-electron chi connectivity index (χ4n) is 3.60. The van der Waals surface area contributed by atoms with Gasteiger partial charge in [-0.05, 0) is 26.1 Å². The van der Waals surface area contributed by atoms with Gasteiger partial charge in [-0.2, -0.15) is 0 Å². The van der Waals surface area contributed by atoms with Crippen LogP contribution in [-0.4, -0.2) is 68.7 Å². The van der Waals surface area contributed by atoms with Crippen molar-refractivity contribution in [3.8, 4) is 0 Å². The molecule has 1 N–H and O–H groups in total. The monoisotopic (exact) mass is 453 g/mol. The molecule has 0 radical (unpaired) electrons. The topological polar surface area (TPSA) is 120 Å². The second kappa shape index (κ2) is 8.47. The van der Waals surface area contributed by atoms with E-state index in [0.717, 1.165) is 4.68 Å². The number of benzene rings is 1. The highest BCUT2D eigenvalue weighted by Crippen LogP contribution is 2.26. The van der Waals surface area contributed by atoms with E-state index in [-0.39, 0.29) is 40.9 Å². The van der Waals surface area contributed by atoms with Crippen LogP contribution in [-0.2, 0) is 13.6 Å². The molecule has 3 rings (SSSR count). The van der Waals surface area contributed by atoms with E-state index in [1.165, 1.54) is 24.1 Å². The van der Waals surface area contributed by atoms with Crippen molar-refractivity contribution in [3.05, 3.63) is 65.8 Å². The number of hydrazone groups is 1. The predicted molar refractivity (Wildman–Crippen MR) is 111 cm³/mol. The zero-order valence-corrected chi connectivity index (χ0v) is 18.1. The number of nitrogens with zero attached hydrogens (tertiary/aromatic N) is 6. The number of hydrogen-bond acceptors (Lipinski definition) is 5. The summed E-state index contributed by atoms with van der Waals surface area (Å²) in [5.74, 6) is -1.64. The second-order valence-corrected chi connectivity index (χ2v) is 7.77. The van der Waals surface area contributed by atoms with Crippen LogP contribution < -0.4 is 5.56 Å². The van der Waals surface area contributed by atoms with Crippen molar-refractivity contribution in [1.29, 1.82) is 0 Å². The Kier molecular flexibility index (Phi) is 6.13. The largest absolute Gasteiger partial charge is 0.328 e. The van der Waals surface area contributed by atoms with Crippen LogP contribution in [0.1, 0.15) is 27.2 Å². The lowest BCUT2D eigenvalue weighted by Crippen LogP contribution is -2.56. The van der Waals surface area contributed by atoms with E-state index in [4.69, 9.17) is 11.6 Å². The average Bonchev–Trinajstić information content (AvgIpc) is 2.92. The number of carbonyl (C=O) groups excluding carboxylic acids is 1. The van der Waals surface area contributed by atoms with E-state index in [1.807, 2.05) is 4.90 Å². The van der Waals surface area contributed by atoms with Gasteiger partial charge in [-0.15, -0.1) is 0 Å². The van der Waals surface area contributed by atoms with Crippen LogP contribution >= 0.6 is 11.6 Å². The Balaban J connectivity index is 2.03. The van der Waals surface area contributed by atoms with Gasteiger partial charge in [0.2, 0.25) is 5.78 Å². The number of H-pyrrole nitrogens is 1. The molecule has 11 nitrogen and oxygen atoms in total. The first-order valence-corrected chi connectivity index (χ1v) is 9.53. The molecule has 1 fully saturated rings. The normalized spacial score (nSPS) is 16.3. The second-order valence-electron chi connectivity index (χ2n) is 7.37. The summed E-state index contributed by atoms with van der Waals surface area (Å²) < 4.78 is 16.6. The molecule has 2 aromatic rings. The number of carbonyl (C=O) groups is 1. The lowest BCUT2D eigenvalue weighted by molar-refractivity contribution is -0.486. The SMILES string of the molecule is Cc1[nH]n(C)c(=O)c1C(=O)c1ccc(Cl)c(CN2CN(C)CN(C)/C2=N\[N+](=O)[O-])c1F. The molecule has 31 heavy (non-hydrogen) atoms.